The summed E-state index contributed by atoms with van der Waals surface area (Å²) in [4.78, 5) is 26.1. The first kappa shape index (κ1) is 45.7. The maximum atomic E-state index is 15.0. The zero-order valence-electron chi connectivity index (χ0n) is 41.7. The summed E-state index contributed by atoms with van der Waals surface area (Å²) in [5.74, 6) is -3.13. The fraction of sp³-hybridized carbons (Fsp3) is 0.836. The van der Waals surface area contributed by atoms with Crippen LogP contribution in [-0.2, 0) is 49.4 Å². The van der Waals surface area contributed by atoms with Crippen LogP contribution >= 0.6 is 0 Å². The lowest BCUT2D eigenvalue weighted by molar-refractivity contribution is -0.337. The van der Waals surface area contributed by atoms with Gasteiger partial charge in [0.1, 0.15) is 29.7 Å². The highest BCUT2D eigenvalue weighted by Gasteiger charge is 2.80. The van der Waals surface area contributed by atoms with Crippen LogP contribution in [0.5, 0.6) is 0 Å². The Bertz CT molecular complexity index is 2480. The Labute approximate surface area is 400 Å². The van der Waals surface area contributed by atoms with Crippen LogP contribution in [0.25, 0.3) is 0 Å². The molecule has 1 aromatic heterocycles. The van der Waals surface area contributed by atoms with E-state index in [1.165, 1.54) is 0 Å². The number of aliphatic hydroxyl groups excluding tert-OH is 4. The maximum Gasteiger partial charge on any atom is 0.201 e. The Morgan fingerprint density at radius 3 is 2.13 bits per heavy atom. The van der Waals surface area contributed by atoms with E-state index in [9.17, 15) is 30.6 Å². The molecule has 6 N–H and O–H groups in total. The molecule has 3 spiro atoms. The van der Waals surface area contributed by atoms with Crippen LogP contribution in [0.3, 0.4) is 0 Å². The summed E-state index contributed by atoms with van der Waals surface area (Å²) in [6, 6.07) is 0. The van der Waals surface area contributed by atoms with Crippen LogP contribution in [0, 0.1) is 74.9 Å². The van der Waals surface area contributed by atoms with Gasteiger partial charge in [0, 0.05) is 47.3 Å². The zero-order chi connectivity index (χ0) is 48.1. The Morgan fingerprint density at radius 2 is 1.46 bits per heavy atom. The first-order valence-corrected chi connectivity index (χ1v) is 26.5. The number of ether oxygens (including phenoxy) is 4. The van der Waals surface area contributed by atoms with Crippen molar-refractivity contribution >= 4 is 5.78 Å². The van der Waals surface area contributed by atoms with Gasteiger partial charge in [-0.05, 0) is 120 Å². The Hall–Kier alpha value is -2.17. The van der Waals surface area contributed by atoms with Crippen LogP contribution in [0.2, 0.25) is 0 Å². The van der Waals surface area contributed by atoms with Crippen molar-refractivity contribution < 1.29 is 54.4 Å². The molecule has 0 amide bonds. The largest absolute Gasteiger partial charge is 0.393 e. The van der Waals surface area contributed by atoms with Crippen LogP contribution < -0.4 is 0 Å². The standard InChI is InChI=1S/C55H76N2O11/c1-26-32-14-15-33-34-13-11-30-17-38-40(21-49(30,8)52(34,63)23-42(60)51(32,33)25-65-54(26)45(62)27(2)46(4,5)67-54)57-37-16-29-10-12-31-35(48(29,7)20-39(37)56-38)18-41(59)50(9)36(31)19-44-53(50,64)28(3)55(66-44)43(61)22-47(6,24-58)68-55/h15,19,26-32,34-35,41,43-45,58-59,61-64H,10-14,16-18,20-25H2,1-9H3/t26-,27-,28-,29?,30?,31?,32+,34?,35?,41+,43+,44-,45+,47-,48-,49-,50+,51+,52+,53+,54+,55-/m0/s1. The average Bonchev–Trinajstić information content (AvgIpc) is 3.98. The number of carbonyl (C=O) groups is 1. The quantitative estimate of drug-likeness (QED) is 0.209. The highest BCUT2D eigenvalue weighted by molar-refractivity contribution is 5.92. The van der Waals surface area contributed by atoms with Crippen molar-refractivity contribution in [3.8, 4) is 0 Å². The molecule has 1 aromatic rings. The van der Waals surface area contributed by atoms with Gasteiger partial charge in [-0.3, -0.25) is 14.8 Å². The van der Waals surface area contributed by atoms with Gasteiger partial charge >= 0.3 is 0 Å². The smallest absolute Gasteiger partial charge is 0.201 e. The van der Waals surface area contributed by atoms with Crippen LogP contribution in [-0.4, -0.2) is 118 Å². The molecular formula is C55H76N2O11. The molecule has 0 radical (unpaired) electrons. The molecule has 372 valence electrons. The third-order valence-electron chi connectivity index (χ3n) is 23.9. The number of carbonyl (C=O) groups excluding carboxylic acids is 1. The SMILES string of the molecule is C[C@@H]1[C@]2(O[C@H]3C=C4C5CCC6Cc7nc8c(nc7C[C@]6(C)C5C[C@@H](O)[C@]4(C)[C@]31O)CC1CCC3C4=CC[C@@H]5[C@H](C)[C@@]6(OC[C@]45C(=O)C[C@]3(O)[C@@]1(C)C8)OC(C)(C)[C@@H](C)[C@H]6O)O[C@](C)(CO)C[C@H]2O. The molecule has 4 aliphatic heterocycles. The van der Waals surface area contributed by atoms with E-state index in [0.717, 1.165) is 72.4 Å². The van der Waals surface area contributed by atoms with E-state index in [1.807, 2.05) is 34.6 Å². The van der Waals surface area contributed by atoms with E-state index in [1.54, 1.807) is 6.92 Å². The molecule has 4 saturated heterocycles. The summed E-state index contributed by atoms with van der Waals surface area (Å²) >= 11 is 0. The lowest BCUT2D eigenvalue weighted by atomic mass is 9.42. The molecule has 5 heterocycles. The number of allylic oxidation sites excluding steroid dienone is 1. The van der Waals surface area contributed by atoms with Gasteiger partial charge in [-0.2, -0.15) is 0 Å². The minimum Gasteiger partial charge on any atom is -0.393 e. The zero-order valence-corrected chi connectivity index (χ0v) is 41.7. The van der Waals surface area contributed by atoms with Crippen molar-refractivity contribution in [2.75, 3.05) is 13.2 Å². The van der Waals surface area contributed by atoms with Gasteiger partial charge in [-0.1, -0.05) is 64.8 Å². The van der Waals surface area contributed by atoms with Crippen LogP contribution in [0.4, 0.5) is 0 Å². The number of aliphatic hydroxyl groups is 6. The molecule has 13 heteroatoms. The number of hydrogen-bond donors (Lipinski definition) is 6. The minimum absolute atomic E-state index is 0.0580. The number of fused-ring (bicyclic) bond motifs is 13. The molecular weight excluding hydrogens is 865 g/mol. The third-order valence-corrected chi connectivity index (χ3v) is 23.9. The average molecular weight is 941 g/mol. The molecule has 8 aliphatic carbocycles. The van der Waals surface area contributed by atoms with E-state index in [4.69, 9.17) is 28.9 Å². The topological polar surface area (TPSA) is 201 Å². The summed E-state index contributed by atoms with van der Waals surface area (Å²) in [5.41, 5.74) is -0.724. The number of hydrogen-bond acceptors (Lipinski definition) is 13. The van der Waals surface area contributed by atoms with E-state index in [2.05, 4.69) is 32.9 Å². The molecule has 22 atom stereocenters. The Kier molecular flexibility index (Phi) is 9.07. The van der Waals surface area contributed by atoms with Crippen molar-refractivity contribution in [3.05, 3.63) is 46.1 Å². The monoisotopic (exact) mass is 941 g/mol. The van der Waals surface area contributed by atoms with Crippen molar-refractivity contribution in [3.63, 3.8) is 0 Å². The van der Waals surface area contributed by atoms with Crippen molar-refractivity contribution in [2.45, 2.75) is 198 Å². The second kappa shape index (κ2) is 13.5. The van der Waals surface area contributed by atoms with Crippen molar-refractivity contribution in [2.24, 2.45) is 74.9 Å². The minimum atomic E-state index is -1.52. The molecule has 0 bridgehead atoms. The van der Waals surface area contributed by atoms with Gasteiger partial charge < -0.3 is 49.6 Å². The first-order chi connectivity index (χ1) is 31.8. The molecule has 13 nitrogen and oxygen atoms in total. The van der Waals surface area contributed by atoms with E-state index in [0.29, 0.717) is 31.6 Å². The Morgan fingerprint density at radius 1 is 0.765 bits per heavy atom. The van der Waals surface area contributed by atoms with Gasteiger partial charge in [0.15, 0.2) is 5.79 Å². The summed E-state index contributed by atoms with van der Waals surface area (Å²) < 4.78 is 26.4. The van der Waals surface area contributed by atoms with Gasteiger partial charge in [-0.15, -0.1) is 0 Å². The molecule has 12 aliphatic rings. The fourth-order valence-corrected chi connectivity index (χ4v) is 19.4. The number of ketones is 1. The molecule has 5 unspecified atom stereocenters. The highest BCUT2D eigenvalue weighted by atomic mass is 16.7. The predicted octanol–water partition coefficient (Wildman–Crippen LogP) is 4.87. The van der Waals surface area contributed by atoms with Gasteiger partial charge in [0.05, 0.1) is 64.3 Å². The normalized spacial score (nSPS) is 57.7. The second-order valence-corrected chi connectivity index (χ2v) is 26.6. The number of Topliss-reactive ketones (excluding diaryl/α,β-unsaturated/α-hetero) is 1. The fourth-order valence-electron chi connectivity index (χ4n) is 19.4. The van der Waals surface area contributed by atoms with Crippen LogP contribution in [0.15, 0.2) is 23.3 Å². The van der Waals surface area contributed by atoms with Crippen molar-refractivity contribution in [1.82, 2.24) is 9.97 Å². The number of nitrogens with zero attached hydrogens (tertiary/aromatic N) is 2. The second-order valence-electron chi connectivity index (χ2n) is 26.6. The molecule has 8 fully saturated rings. The van der Waals surface area contributed by atoms with Gasteiger partial charge in [0.2, 0.25) is 5.79 Å². The van der Waals surface area contributed by atoms with Crippen molar-refractivity contribution in [1.29, 1.82) is 0 Å². The Balaban J connectivity index is 0.771. The molecule has 13 rings (SSSR count). The van der Waals surface area contributed by atoms with E-state index < -0.39 is 80.6 Å². The summed E-state index contributed by atoms with van der Waals surface area (Å²) in [7, 11) is 0. The van der Waals surface area contributed by atoms with E-state index >= 15 is 4.79 Å². The summed E-state index contributed by atoms with van der Waals surface area (Å²) in [6.07, 6.45) is 8.77. The lowest BCUT2D eigenvalue weighted by Crippen LogP contribution is -2.70. The summed E-state index contributed by atoms with van der Waals surface area (Å²) in [5, 5.41) is 71.9. The first-order valence-electron chi connectivity index (χ1n) is 26.5. The lowest BCUT2D eigenvalue weighted by Gasteiger charge is -2.64. The third kappa shape index (κ3) is 4.94. The van der Waals surface area contributed by atoms with Crippen LogP contribution in [0.1, 0.15) is 136 Å². The number of rotatable bonds is 1. The number of aromatic nitrogens is 2. The summed E-state index contributed by atoms with van der Waals surface area (Å²) in [6.45, 7) is 18.2. The molecule has 4 saturated carbocycles. The maximum absolute atomic E-state index is 15.0. The molecule has 68 heavy (non-hydrogen) atoms. The highest BCUT2D eigenvalue weighted by Crippen LogP contribution is 2.73. The van der Waals surface area contributed by atoms with Gasteiger partial charge in [-0.25, -0.2) is 0 Å². The van der Waals surface area contributed by atoms with E-state index in [-0.39, 0.29) is 78.7 Å². The van der Waals surface area contributed by atoms with Gasteiger partial charge in [0.25, 0.3) is 0 Å². The molecule has 0 aromatic carbocycles. The predicted molar refractivity (Wildman–Crippen MR) is 246 cm³/mol.